The zero-order valence-corrected chi connectivity index (χ0v) is 5.33. The van der Waals surface area contributed by atoms with Crippen LogP contribution in [0.3, 0.4) is 0 Å². The minimum absolute atomic E-state index is 0.214. The van der Waals surface area contributed by atoms with E-state index in [2.05, 4.69) is 0 Å². The third-order valence-electron chi connectivity index (χ3n) is 1.87. The Morgan fingerprint density at radius 2 is 1.89 bits per heavy atom. The van der Waals surface area contributed by atoms with E-state index in [-0.39, 0.29) is 6.04 Å². The van der Waals surface area contributed by atoms with Gasteiger partial charge in [0.2, 0.25) is 0 Å². The Hall–Kier alpha value is -0.120. The minimum atomic E-state index is -0.696. The molecule has 1 aliphatic carbocycles. The molecule has 1 aliphatic rings. The first-order valence-corrected chi connectivity index (χ1v) is 3.33. The van der Waals surface area contributed by atoms with Crippen molar-refractivity contribution in [2.75, 3.05) is 0 Å². The maximum absolute atomic E-state index is 9.07. The van der Waals surface area contributed by atoms with Gasteiger partial charge in [-0.25, -0.2) is 0 Å². The quantitative estimate of drug-likeness (QED) is 0.404. The van der Waals surface area contributed by atoms with Crippen molar-refractivity contribution in [2.45, 2.75) is 37.5 Å². The zero-order chi connectivity index (χ0) is 6.85. The van der Waals surface area contributed by atoms with E-state index in [1.165, 1.54) is 0 Å². The second-order valence-electron chi connectivity index (χ2n) is 2.65. The van der Waals surface area contributed by atoms with E-state index in [1.54, 1.807) is 0 Å². The van der Waals surface area contributed by atoms with Gasteiger partial charge >= 0.3 is 0 Å². The summed E-state index contributed by atoms with van der Waals surface area (Å²) in [5.74, 6) is 0. The fourth-order valence-electron chi connectivity index (χ4n) is 1.19. The molecule has 1 saturated carbocycles. The Labute approximate surface area is 54.5 Å². The molecule has 0 radical (unpaired) electrons. The van der Waals surface area contributed by atoms with Crippen molar-refractivity contribution in [2.24, 2.45) is 5.73 Å². The van der Waals surface area contributed by atoms with Gasteiger partial charge in [0.05, 0.1) is 12.2 Å². The van der Waals surface area contributed by atoms with Crippen LogP contribution in [0.15, 0.2) is 0 Å². The molecule has 0 saturated heterocycles. The monoisotopic (exact) mass is 131 g/mol. The predicted octanol–water partition coefficient (Wildman–Crippen LogP) is -0.781. The van der Waals surface area contributed by atoms with Crippen LogP contribution in [0.25, 0.3) is 0 Å². The summed E-state index contributed by atoms with van der Waals surface area (Å²) in [5, 5.41) is 18.1. The summed E-state index contributed by atoms with van der Waals surface area (Å²) < 4.78 is 0. The number of rotatable bonds is 0. The molecule has 0 unspecified atom stereocenters. The lowest BCUT2D eigenvalue weighted by molar-refractivity contribution is -0.0205. The van der Waals surface area contributed by atoms with Gasteiger partial charge < -0.3 is 15.9 Å². The second kappa shape index (κ2) is 2.64. The summed E-state index contributed by atoms with van der Waals surface area (Å²) in [6.45, 7) is 0. The van der Waals surface area contributed by atoms with Gasteiger partial charge in [-0.3, -0.25) is 0 Å². The highest BCUT2D eigenvalue weighted by molar-refractivity contribution is 4.83. The zero-order valence-electron chi connectivity index (χ0n) is 5.33. The molecule has 3 nitrogen and oxygen atoms in total. The number of hydrogen-bond acceptors (Lipinski definition) is 3. The number of aliphatic hydroxyl groups excluding tert-OH is 2. The average Bonchev–Trinajstić information content (AvgIpc) is 1.83. The normalized spacial score (nSPS) is 45.0. The minimum Gasteiger partial charge on any atom is -0.390 e. The van der Waals surface area contributed by atoms with Gasteiger partial charge in [0.15, 0.2) is 0 Å². The van der Waals surface area contributed by atoms with E-state index in [4.69, 9.17) is 15.9 Å². The van der Waals surface area contributed by atoms with Crippen LogP contribution in [0.1, 0.15) is 19.3 Å². The highest BCUT2D eigenvalue weighted by Gasteiger charge is 2.26. The Kier molecular flexibility index (Phi) is 2.05. The van der Waals surface area contributed by atoms with Crippen LogP contribution in [0.5, 0.6) is 0 Å². The van der Waals surface area contributed by atoms with Crippen LogP contribution in [0, 0.1) is 0 Å². The molecule has 1 fully saturated rings. The highest BCUT2D eigenvalue weighted by Crippen LogP contribution is 2.16. The van der Waals surface area contributed by atoms with Gasteiger partial charge in [0, 0.05) is 6.04 Å². The van der Waals surface area contributed by atoms with E-state index in [9.17, 15) is 0 Å². The number of nitrogens with two attached hydrogens (primary N) is 1. The summed E-state index contributed by atoms with van der Waals surface area (Å²) in [4.78, 5) is 0. The van der Waals surface area contributed by atoms with Gasteiger partial charge in [-0.15, -0.1) is 0 Å². The molecule has 54 valence electrons. The maximum Gasteiger partial charge on any atom is 0.0949 e. The maximum atomic E-state index is 9.07. The van der Waals surface area contributed by atoms with E-state index < -0.39 is 12.2 Å². The van der Waals surface area contributed by atoms with Crippen LogP contribution in [0.4, 0.5) is 0 Å². The molecule has 3 heteroatoms. The van der Waals surface area contributed by atoms with Gasteiger partial charge in [-0.2, -0.15) is 0 Å². The Bertz CT molecular complexity index is 87.1. The second-order valence-corrected chi connectivity index (χ2v) is 2.65. The lowest BCUT2D eigenvalue weighted by atomic mass is 9.91. The Morgan fingerprint density at radius 3 is 2.33 bits per heavy atom. The molecule has 0 amide bonds. The molecule has 9 heavy (non-hydrogen) atoms. The third kappa shape index (κ3) is 1.41. The van der Waals surface area contributed by atoms with E-state index in [1.807, 2.05) is 0 Å². The molecule has 0 aromatic rings. The third-order valence-corrected chi connectivity index (χ3v) is 1.87. The first-order chi connectivity index (χ1) is 4.22. The highest BCUT2D eigenvalue weighted by atomic mass is 16.3. The molecule has 4 N–H and O–H groups in total. The Balaban J connectivity index is 2.41. The molecule has 0 spiro atoms. The van der Waals surface area contributed by atoms with Crippen molar-refractivity contribution in [1.29, 1.82) is 0 Å². The van der Waals surface area contributed by atoms with Gasteiger partial charge in [0.25, 0.3) is 0 Å². The van der Waals surface area contributed by atoms with Crippen molar-refractivity contribution in [3.8, 4) is 0 Å². The number of hydrogen-bond donors (Lipinski definition) is 3. The number of aliphatic hydroxyl groups is 2. The molecule has 0 aromatic carbocycles. The standard InChI is InChI=1S/C6H13NO2/c7-4-2-1-3-5(8)6(4)9/h4-6,8-9H,1-3,7H2/t4-,5-,6-/m0/s1. The van der Waals surface area contributed by atoms with Crippen LogP contribution in [0.2, 0.25) is 0 Å². The average molecular weight is 131 g/mol. The van der Waals surface area contributed by atoms with Gasteiger partial charge in [0.1, 0.15) is 0 Å². The summed E-state index contributed by atoms with van der Waals surface area (Å²) in [6.07, 6.45) is 1.17. The molecule has 0 heterocycles. The smallest absolute Gasteiger partial charge is 0.0949 e. The van der Waals surface area contributed by atoms with Crippen molar-refractivity contribution >= 4 is 0 Å². The van der Waals surface area contributed by atoms with Gasteiger partial charge in [-0.05, 0) is 19.3 Å². The summed E-state index contributed by atoms with van der Waals surface area (Å²) in [5.41, 5.74) is 5.46. The predicted molar refractivity (Wildman–Crippen MR) is 33.8 cm³/mol. The largest absolute Gasteiger partial charge is 0.390 e. The van der Waals surface area contributed by atoms with Crippen molar-refractivity contribution in [1.82, 2.24) is 0 Å². The lowest BCUT2D eigenvalue weighted by Crippen LogP contribution is -2.46. The van der Waals surface area contributed by atoms with Crippen molar-refractivity contribution in [3.05, 3.63) is 0 Å². The molecule has 1 rings (SSSR count). The summed E-state index contributed by atoms with van der Waals surface area (Å²) in [6, 6.07) is -0.214. The van der Waals surface area contributed by atoms with Crippen LogP contribution >= 0.6 is 0 Å². The fourth-order valence-corrected chi connectivity index (χ4v) is 1.19. The van der Waals surface area contributed by atoms with Crippen LogP contribution in [-0.2, 0) is 0 Å². The van der Waals surface area contributed by atoms with E-state index >= 15 is 0 Å². The topological polar surface area (TPSA) is 66.5 Å². The lowest BCUT2D eigenvalue weighted by Gasteiger charge is -2.28. The molecule has 3 atom stereocenters. The van der Waals surface area contributed by atoms with E-state index in [0.29, 0.717) is 6.42 Å². The first kappa shape index (κ1) is 6.99. The molecule has 0 aromatic heterocycles. The molecular weight excluding hydrogens is 118 g/mol. The van der Waals surface area contributed by atoms with E-state index in [0.717, 1.165) is 12.8 Å². The summed E-state index contributed by atoms with van der Waals surface area (Å²) >= 11 is 0. The van der Waals surface area contributed by atoms with Crippen LogP contribution in [-0.4, -0.2) is 28.5 Å². The Morgan fingerprint density at radius 1 is 1.22 bits per heavy atom. The van der Waals surface area contributed by atoms with Crippen LogP contribution < -0.4 is 5.73 Å². The van der Waals surface area contributed by atoms with Gasteiger partial charge in [-0.1, -0.05) is 0 Å². The summed E-state index contributed by atoms with van der Waals surface area (Å²) in [7, 11) is 0. The molecule has 0 bridgehead atoms. The molecule has 0 aliphatic heterocycles. The first-order valence-electron chi connectivity index (χ1n) is 3.33. The van der Waals surface area contributed by atoms with Crippen molar-refractivity contribution in [3.63, 3.8) is 0 Å². The molecular formula is C6H13NO2. The van der Waals surface area contributed by atoms with Crippen molar-refractivity contribution < 1.29 is 10.2 Å². The SMILES string of the molecule is N[C@H]1CCC[C@H](O)[C@H]1O. The fraction of sp³-hybridized carbons (Fsp3) is 1.00.